The predicted octanol–water partition coefficient (Wildman–Crippen LogP) is 1.74. The highest BCUT2D eigenvalue weighted by Gasteiger charge is 2.07. The van der Waals surface area contributed by atoms with E-state index < -0.39 is 11.2 Å². The fourth-order valence-corrected chi connectivity index (χ4v) is 2.05. The zero-order valence-corrected chi connectivity index (χ0v) is 9.90. The van der Waals surface area contributed by atoms with Gasteiger partial charge in [-0.3, -0.25) is 9.78 Å². The monoisotopic (exact) mass is 318 g/mol. The van der Waals surface area contributed by atoms with Crippen molar-refractivity contribution in [2.24, 2.45) is 0 Å². The summed E-state index contributed by atoms with van der Waals surface area (Å²) in [5.41, 5.74) is -0.400. The van der Waals surface area contributed by atoms with E-state index in [9.17, 15) is 9.59 Å². The lowest BCUT2D eigenvalue weighted by molar-refractivity contribution is 1.08. The van der Waals surface area contributed by atoms with Crippen LogP contribution < -0.4 is 11.2 Å². The van der Waals surface area contributed by atoms with Crippen LogP contribution in [0.2, 0.25) is 0 Å². The highest BCUT2D eigenvalue weighted by Crippen LogP contribution is 2.27. The first-order chi connectivity index (χ1) is 6.59. The molecule has 4 nitrogen and oxygen atoms in total. The van der Waals surface area contributed by atoms with Gasteiger partial charge in [-0.05, 0) is 44.0 Å². The molecule has 2 aromatic rings. The summed E-state index contributed by atoms with van der Waals surface area (Å²) in [6.45, 7) is 0. The van der Waals surface area contributed by atoms with E-state index in [4.69, 9.17) is 0 Å². The molecule has 0 amide bonds. The number of halogens is 2. The molecule has 0 atom stereocenters. The van der Waals surface area contributed by atoms with E-state index in [0.717, 1.165) is 4.47 Å². The molecule has 0 radical (unpaired) electrons. The number of aromatic nitrogens is 2. The van der Waals surface area contributed by atoms with Crippen molar-refractivity contribution >= 4 is 42.8 Å². The summed E-state index contributed by atoms with van der Waals surface area (Å²) in [7, 11) is 0. The van der Waals surface area contributed by atoms with Crippen LogP contribution in [-0.2, 0) is 0 Å². The molecular weight excluding hydrogens is 316 g/mol. The lowest BCUT2D eigenvalue weighted by atomic mass is 10.2. The van der Waals surface area contributed by atoms with E-state index in [-0.39, 0.29) is 0 Å². The Morgan fingerprint density at radius 3 is 2.50 bits per heavy atom. The number of nitrogens with one attached hydrogen (secondary N) is 2. The highest BCUT2D eigenvalue weighted by atomic mass is 79.9. The number of hydrogen-bond donors (Lipinski definition) is 2. The molecule has 1 aromatic heterocycles. The smallest absolute Gasteiger partial charge is 0.307 e. The summed E-state index contributed by atoms with van der Waals surface area (Å²) in [4.78, 5) is 27.1. The van der Waals surface area contributed by atoms with E-state index in [1.165, 1.54) is 0 Å². The second-order valence-corrected chi connectivity index (χ2v) is 4.34. The van der Waals surface area contributed by atoms with Crippen LogP contribution in [0.15, 0.2) is 30.7 Å². The van der Waals surface area contributed by atoms with Gasteiger partial charge >= 0.3 is 5.69 Å². The second kappa shape index (κ2) is 3.36. The summed E-state index contributed by atoms with van der Waals surface area (Å²) in [5.74, 6) is 0. The molecule has 6 heteroatoms. The van der Waals surface area contributed by atoms with E-state index >= 15 is 0 Å². The predicted molar refractivity (Wildman–Crippen MR) is 60.6 cm³/mol. The summed E-state index contributed by atoms with van der Waals surface area (Å²) < 4.78 is 1.40. The highest BCUT2D eigenvalue weighted by molar-refractivity contribution is 9.13. The van der Waals surface area contributed by atoms with Crippen molar-refractivity contribution in [3.63, 3.8) is 0 Å². The number of aromatic amines is 2. The first-order valence-corrected chi connectivity index (χ1v) is 5.28. The standard InChI is InChI=1S/C8H4Br2N2O2/c9-3-1-2-4-5(6(3)10)7(13)12-8(14)11-4/h1-2H,(H2,11,12,13,14). The molecule has 0 bridgehead atoms. The van der Waals surface area contributed by atoms with Crippen molar-refractivity contribution in [2.45, 2.75) is 0 Å². The lowest BCUT2D eigenvalue weighted by Gasteiger charge is -2.00. The minimum Gasteiger partial charge on any atom is -0.307 e. The average Bonchev–Trinajstić information content (AvgIpc) is 2.10. The van der Waals surface area contributed by atoms with Gasteiger partial charge in [-0.15, -0.1) is 0 Å². The first kappa shape index (κ1) is 9.67. The number of rotatable bonds is 0. The van der Waals surface area contributed by atoms with Gasteiger partial charge in [0.2, 0.25) is 0 Å². The fourth-order valence-electron chi connectivity index (χ4n) is 1.20. The first-order valence-electron chi connectivity index (χ1n) is 3.70. The third-order valence-electron chi connectivity index (χ3n) is 1.80. The van der Waals surface area contributed by atoms with Crippen LogP contribution in [0.25, 0.3) is 10.9 Å². The molecule has 2 N–H and O–H groups in total. The van der Waals surface area contributed by atoms with Crippen LogP contribution >= 0.6 is 31.9 Å². The number of fused-ring (bicyclic) bond motifs is 1. The lowest BCUT2D eigenvalue weighted by Crippen LogP contribution is -2.22. The van der Waals surface area contributed by atoms with Crippen LogP contribution in [-0.4, -0.2) is 9.97 Å². The zero-order valence-electron chi connectivity index (χ0n) is 6.73. The Morgan fingerprint density at radius 1 is 1.07 bits per heavy atom. The largest absolute Gasteiger partial charge is 0.326 e. The van der Waals surface area contributed by atoms with Gasteiger partial charge in [-0.25, -0.2) is 4.79 Å². The minimum atomic E-state index is -0.503. The average molecular weight is 320 g/mol. The number of H-pyrrole nitrogens is 2. The molecule has 1 heterocycles. The summed E-state index contributed by atoms with van der Waals surface area (Å²) in [5, 5.41) is 0.430. The third kappa shape index (κ3) is 1.44. The molecule has 0 saturated heterocycles. The quantitative estimate of drug-likeness (QED) is 0.777. The Morgan fingerprint density at radius 2 is 1.79 bits per heavy atom. The molecule has 0 spiro atoms. The summed E-state index contributed by atoms with van der Waals surface area (Å²) in [6, 6.07) is 3.42. The van der Waals surface area contributed by atoms with E-state index in [1.807, 2.05) is 0 Å². The maximum absolute atomic E-state index is 11.4. The topological polar surface area (TPSA) is 65.7 Å². The molecular formula is C8H4Br2N2O2. The Hall–Kier alpha value is -0.880. The third-order valence-corrected chi connectivity index (χ3v) is 3.81. The van der Waals surface area contributed by atoms with Crippen molar-refractivity contribution in [3.8, 4) is 0 Å². The van der Waals surface area contributed by atoms with Crippen LogP contribution in [0, 0.1) is 0 Å². The molecule has 14 heavy (non-hydrogen) atoms. The van der Waals surface area contributed by atoms with Gasteiger partial charge in [-0.1, -0.05) is 0 Å². The Kier molecular flexibility index (Phi) is 2.32. The van der Waals surface area contributed by atoms with Gasteiger partial charge in [0.15, 0.2) is 0 Å². The molecule has 0 aliphatic carbocycles. The normalized spacial score (nSPS) is 10.7. The van der Waals surface area contributed by atoms with E-state index in [2.05, 4.69) is 41.8 Å². The minimum absolute atomic E-state index is 0.406. The Labute approximate surface area is 94.6 Å². The van der Waals surface area contributed by atoms with Gasteiger partial charge in [-0.2, -0.15) is 0 Å². The molecule has 1 aromatic carbocycles. The number of benzene rings is 1. The molecule has 2 rings (SSSR count). The van der Waals surface area contributed by atoms with Gasteiger partial charge < -0.3 is 4.98 Å². The van der Waals surface area contributed by atoms with Crippen LogP contribution in [0.3, 0.4) is 0 Å². The molecule has 0 saturated carbocycles. The van der Waals surface area contributed by atoms with Gasteiger partial charge in [0.1, 0.15) is 0 Å². The van der Waals surface area contributed by atoms with Crippen LogP contribution in [0.1, 0.15) is 0 Å². The van der Waals surface area contributed by atoms with Crippen LogP contribution in [0.4, 0.5) is 0 Å². The maximum Gasteiger partial charge on any atom is 0.326 e. The number of hydrogen-bond acceptors (Lipinski definition) is 2. The molecule has 0 unspecified atom stereocenters. The molecule has 0 aliphatic heterocycles. The van der Waals surface area contributed by atoms with Crippen molar-refractivity contribution < 1.29 is 0 Å². The fraction of sp³-hybridized carbons (Fsp3) is 0. The molecule has 0 aliphatic rings. The Balaban J connectivity index is 3.11. The second-order valence-electron chi connectivity index (χ2n) is 2.69. The van der Waals surface area contributed by atoms with Gasteiger partial charge in [0, 0.05) is 8.95 Å². The maximum atomic E-state index is 11.4. The molecule has 0 fully saturated rings. The SMILES string of the molecule is O=c1[nH]c(=O)c2c(Br)c(Br)ccc2[nH]1. The van der Waals surface area contributed by atoms with Gasteiger partial charge in [0.25, 0.3) is 5.56 Å². The Bertz CT molecular complexity index is 615. The summed E-state index contributed by atoms with van der Waals surface area (Å²) >= 11 is 6.54. The van der Waals surface area contributed by atoms with Gasteiger partial charge in [0.05, 0.1) is 10.9 Å². The van der Waals surface area contributed by atoms with E-state index in [1.54, 1.807) is 12.1 Å². The van der Waals surface area contributed by atoms with Crippen molar-refractivity contribution in [3.05, 3.63) is 41.9 Å². The zero-order chi connectivity index (χ0) is 10.3. The molecule has 72 valence electrons. The summed E-state index contributed by atoms with van der Waals surface area (Å²) in [6.07, 6.45) is 0. The van der Waals surface area contributed by atoms with Crippen LogP contribution in [0.5, 0.6) is 0 Å². The van der Waals surface area contributed by atoms with Crippen molar-refractivity contribution in [2.75, 3.05) is 0 Å². The van der Waals surface area contributed by atoms with E-state index in [0.29, 0.717) is 15.4 Å². The van der Waals surface area contributed by atoms with Crippen molar-refractivity contribution in [1.82, 2.24) is 9.97 Å². The van der Waals surface area contributed by atoms with Crippen molar-refractivity contribution in [1.29, 1.82) is 0 Å².